The molecule has 2 unspecified atom stereocenters. The Bertz CT molecular complexity index is 835. The van der Waals surface area contributed by atoms with E-state index in [1.54, 1.807) is 17.8 Å². The maximum Gasteiger partial charge on any atom is 0.236 e. The summed E-state index contributed by atoms with van der Waals surface area (Å²) in [6.07, 6.45) is 3.41. The third-order valence-corrected chi connectivity index (χ3v) is 7.56. The number of rotatable bonds is 3. The highest BCUT2D eigenvalue weighted by atomic mass is 32.2. The normalized spacial score (nSPS) is 25.4. The van der Waals surface area contributed by atoms with Gasteiger partial charge in [0.2, 0.25) is 5.91 Å². The topological polar surface area (TPSA) is 85.2 Å². The van der Waals surface area contributed by atoms with Crippen molar-refractivity contribution in [2.24, 2.45) is 4.99 Å². The van der Waals surface area contributed by atoms with Gasteiger partial charge in [-0.1, -0.05) is 17.8 Å². The number of hydrogen-bond acceptors (Lipinski definition) is 7. The molecule has 1 fully saturated rings. The molecule has 4 rings (SSSR count). The molecule has 0 aliphatic carbocycles. The van der Waals surface area contributed by atoms with Crippen LogP contribution in [0.1, 0.15) is 41.3 Å². The van der Waals surface area contributed by atoms with Crippen molar-refractivity contribution in [2.45, 2.75) is 50.1 Å². The van der Waals surface area contributed by atoms with Crippen LogP contribution in [-0.4, -0.2) is 76.3 Å². The lowest BCUT2D eigenvalue weighted by Gasteiger charge is -2.31. The van der Waals surface area contributed by atoms with Crippen molar-refractivity contribution in [1.29, 1.82) is 0 Å². The maximum absolute atomic E-state index is 12.8. The van der Waals surface area contributed by atoms with E-state index < -0.39 is 0 Å². The smallest absolute Gasteiger partial charge is 0.236 e. The molecule has 29 heavy (non-hydrogen) atoms. The van der Waals surface area contributed by atoms with E-state index in [0.29, 0.717) is 18.5 Å². The highest BCUT2D eigenvalue weighted by Crippen LogP contribution is 2.34. The van der Waals surface area contributed by atoms with Gasteiger partial charge in [-0.05, 0) is 63.5 Å². The van der Waals surface area contributed by atoms with Crippen LogP contribution in [0.5, 0.6) is 5.75 Å². The molecule has 0 bridgehead atoms. The van der Waals surface area contributed by atoms with E-state index >= 15 is 0 Å². The number of piperidine rings is 1. The minimum absolute atomic E-state index is 0.0408. The van der Waals surface area contributed by atoms with E-state index in [0.717, 1.165) is 55.1 Å². The Morgan fingerprint density at radius 2 is 2.07 bits per heavy atom. The number of carbonyl (C=O) groups excluding carboxylic acids is 2. The summed E-state index contributed by atoms with van der Waals surface area (Å²) in [5.41, 5.74) is 2.35. The molecule has 0 saturated carbocycles. The molecule has 3 heterocycles. The monoisotopic (exact) mass is 416 g/mol. The summed E-state index contributed by atoms with van der Waals surface area (Å²) in [4.78, 5) is 33.4. The average Bonchev–Trinajstić information content (AvgIpc) is 3.11. The SMILES string of the molecule is CC1N=C(N2CCc3c(ccc(O)c3C=O)C2)SC1C(=O)NC1CCN(C)CC1. The van der Waals surface area contributed by atoms with E-state index in [2.05, 4.69) is 22.2 Å². The van der Waals surface area contributed by atoms with Crippen LogP contribution in [0, 0.1) is 0 Å². The Morgan fingerprint density at radius 3 is 2.79 bits per heavy atom. The average molecular weight is 417 g/mol. The van der Waals surface area contributed by atoms with Gasteiger partial charge in [-0.15, -0.1) is 0 Å². The number of thioether (sulfide) groups is 1. The van der Waals surface area contributed by atoms with Crippen LogP contribution in [-0.2, 0) is 17.8 Å². The van der Waals surface area contributed by atoms with Crippen molar-refractivity contribution < 1.29 is 14.7 Å². The molecule has 156 valence electrons. The van der Waals surface area contributed by atoms with Gasteiger partial charge < -0.3 is 20.2 Å². The zero-order chi connectivity index (χ0) is 20.5. The van der Waals surface area contributed by atoms with Gasteiger partial charge in [-0.3, -0.25) is 14.6 Å². The van der Waals surface area contributed by atoms with Crippen molar-refractivity contribution in [3.63, 3.8) is 0 Å². The number of nitrogens with one attached hydrogen (secondary N) is 1. The van der Waals surface area contributed by atoms with Crippen LogP contribution in [0.25, 0.3) is 0 Å². The summed E-state index contributed by atoms with van der Waals surface area (Å²) >= 11 is 1.54. The number of hydrogen-bond donors (Lipinski definition) is 2. The van der Waals surface area contributed by atoms with Crippen LogP contribution >= 0.6 is 11.8 Å². The lowest BCUT2D eigenvalue weighted by Crippen LogP contribution is -2.47. The van der Waals surface area contributed by atoms with Crippen molar-refractivity contribution in [3.8, 4) is 5.75 Å². The second kappa shape index (κ2) is 8.36. The fraction of sp³-hybridized carbons (Fsp3) is 0.571. The highest BCUT2D eigenvalue weighted by molar-refractivity contribution is 8.15. The standard InChI is InChI=1S/C21H28N4O3S/c1-13-19(20(28)23-15-5-8-24(2)9-6-15)29-21(22-13)25-10-7-16-14(11-25)3-4-18(27)17(16)12-26/h3-4,12-13,15,19,27H,5-11H2,1-2H3,(H,23,28). The number of amidine groups is 1. The molecule has 1 saturated heterocycles. The molecular weight excluding hydrogens is 388 g/mol. The molecule has 3 aliphatic rings. The molecule has 3 aliphatic heterocycles. The summed E-state index contributed by atoms with van der Waals surface area (Å²) in [5.74, 6) is 0.125. The molecule has 0 radical (unpaired) electrons. The Balaban J connectivity index is 1.39. The number of nitrogens with zero attached hydrogens (tertiary/aromatic N) is 3. The van der Waals surface area contributed by atoms with E-state index in [-0.39, 0.29) is 29.0 Å². The third kappa shape index (κ3) is 4.14. The molecule has 1 aromatic carbocycles. The summed E-state index contributed by atoms with van der Waals surface area (Å²) in [6, 6.07) is 3.65. The number of carbonyl (C=O) groups is 2. The van der Waals surface area contributed by atoms with Crippen molar-refractivity contribution in [1.82, 2.24) is 15.1 Å². The first-order valence-corrected chi connectivity index (χ1v) is 11.1. The number of phenolic OH excluding ortho intramolecular Hbond substituents is 1. The van der Waals surface area contributed by atoms with Gasteiger partial charge in [0, 0.05) is 19.1 Å². The van der Waals surface area contributed by atoms with E-state index in [9.17, 15) is 14.7 Å². The number of amides is 1. The minimum atomic E-state index is -0.198. The molecular formula is C21H28N4O3S. The first-order valence-electron chi connectivity index (χ1n) is 10.2. The van der Waals surface area contributed by atoms with E-state index in [1.807, 2.05) is 13.0 Å². The first kappa shape index (κ1) is 20.2. The van der Waals surface area contributed by atoms with Gasteiger partial charge in [0.1, 0.15) is 11.0 Å². The molecule has 7 nitrogen and oxygen atoms in total. The van der Waals surface area contributed by atoms with Crippen LogP contribution in [0.3, 0.4) is 0 Å². The minimum Gasteiger partial charge on any atom is -0.507 e. The molecule has 0 spiro atoms. The van der Waals surface area contributed by atoms with Gasteiger partial charge in [0.15, 0.2) is 11.5 Å². The third-order valence-electron chi connectivity index (χ3n) is 6.12. The molecule has 1 aromatic rings. The quantitative estimate of drug-likeness (QED) is 0.729. The lowest BCUT2D eigenvalue weighted by atomic mass is 9.94. The molecule has 0 aromatic heterocycles. The predicted octanol–water partition coefficient (Wildman–Crippen LogP) is 1.63. The second-order valence-corrected chi connectivity index (χ2v) is 9.31. The van der Waals surface area contributed by atoms with Gasteiger partial charge in [0.25, 0.3) is 0 Å². The number of fused-ring (bicyclic) bond motifs is 1. The van der Waals surface area contributed by atoms with Crippen LogP contribution in [0.15, 0.2) is 17.1 Å². The van der Waals surface area contributed by atoms with Gasteiger partial charge in [-0.25, -0.2) is 0 Å². The number of benzene rings is 1. The van der Waals surface area contributed by atoms with Crippen molar-refractivity contribution >= 4 is 29.1 Å². The summed E-state index contributed by atoms with van der Waals surface area (Å²) in [6.45, 7) is 5.40. The molecule has 2 atom stereocenters. The van der Waals surface area contributed by atoms with E-state index in [1.165, 1.54) is 0 Å². The number of phenols is 1. The molecule has 2 N–H and O–H groups in total. The Morgan fingerprint density at radius 1 is 1.31 bits per heavy atom. The molecule has 8 heteroatoms. The lowest BCUT2D eigenvalue weighted by molar-refractivity contribution is -0.121. The largest absolute Gasteiger partial charge is 0.507 e. The number of aliphatic imine (C=N–C) groups is 1. The predicted molar refractivity (Wildman–Crippen MR) is 115 cm³/mol. The second-order valence-electron chi connectivity index (χ2n) is 8.20. The summed E-state index contributed by atoms with van der Waals surface area (Å²) in [7, 11) is 2.11. The van der Waals surface area contributed by atoms with Gasteiger partial charge >= 0.3 is 0 Å². The number of aromatic hydroxyl groups is 1. The zero-order valence-electron chi connectivity index (χ0n) is 16.9. The molecule has 1 amide bonds. The van der Waals surface area contributed by atoms with Gasteiger partial charge in [-0.2, -0.15) is 0 Å². The fourth-order valence-corrected chi connectivity index (χ4v) is 5.51. The Labute approximate surface area is 175 Å². The van der Waals surface area contributed by atoms with Gasteiger partial charge in [0.05, 0.1) is 11.6 Å². The summed E-state index contributed by atoms with van der Waals surface area (Å²) < 4.78 is 0. The highest BCUT2D eigenvalue weighted by Gasteiger charge is 2.37. The van der Waals surface area contributed by atoms with Crippen molar-refractivity contribution in [3.05, 3.63) is 28.8 Å². The number of aldehydes is 1. The van der Waals surface area contributed by atoms with Crippen molar-refractivity contribution in [2.75, 3.05) is 26.7 Å². The van der Waals surface area contributed by atoms with E-state index in [4.69, 9.17) is 4.99 Å². The van der Waals surface area contributed by atoms with Crippen LogP contribution in [0.4, 0.5) is 0 Å². The maximum atomic E-state index is 12.8. The Hall–Kier alpha value is -2.06. The van der Waals surface area contributed by atoms with Crippen LogP contribution in [0.2, 0.25) is 0 Å². The fourth-order valence-electron chi connectivity index (χ4n) is 4.32. The Kier molecular flexibility index (Phi) is 5.83. The zero-order valence-corrected chi connectivity index (χ0v) is 17.7. The first-order chi connectivity index (χ1) is 14.0. The summed E-state index contributed by atoms with van der Waals surface area (Å²) in [5, 5.41) is 13.8. The van der Waals surface area contributed by atoms with Crippen LogP contribution < -0.4 is 5.32 Å². The number of likely N-dealkylation sites (tertiary alicyclic amines) is 1.